The second-order valence-electron chi connectivity index (χ2n) is 7.81. The Bertz CT molecular complexity index is 800. The van der Waals surface area contributed by atoms with Crippen LogP contribution in [-0.4, -0.2) is 43.1 Å². The van der Waals surface area contributed by atoms with Gasteiger partial charge in [-0.2, -0.15) is 0 Å². The van der Waals surface area contributed by atoms with Gasteiger partial charge in [-0.15, -0.1) is 0 Å². The number of nitrogens with zero attached hydrogens (tertiary/aromatic N) is 1. The van der Waals surface area contributed by atoms with E-state index in [4.69, 9.17) is 16.3 Å². The number of benzene rings is 2. The molecule has 5 heteroatoms. The van der Waals surface area contributed by atoms with Crippen LogP contribution in [0.5, 0.6) is 5.75 Å². The lowest BCUT2D eigenvalue weighted by Crippen LogP contribution is -2.46. The predicted octanol–water partition coefficient (Wildman–Crippen LogP) is 4.38. The first kappa shape index (κ1) is 19.3. The molecule has 1 N–H and O–H groups in total. The number of halogens is 1. The number of carbonyl (C=O) groups excluding carboxylic acids is 1. The molecule has 0 spiro atoms. The summed E-state index contributed by atoms with van der Waals surface area (Å²) in [6, 6.07) is 16.3. The van der Waals surface area contributed by atoms with Gasteiger partial charge in [0.2, 0.25) is 0 Å². The molecule has 0 unspecified atom stereocenters. The molecule has 1 aliphatic heterocycles. The van der Waals surface area contributed by atoms with E-state index in [1.165, 1.54) is 12.8 Å². The maximum absolute atomic E-state index is 12.5. The van der Waals surface area contributed by atoms with Crippen LogP contribution in [0.15, 0.2) is 48.5 Å². The molecule has 1 aliphatic carbocycles. The Hall–Kier alpha value is -2.04. The van der Waals surface area contributed by atoms with Crippen molar-refractivity contribution in [3.8, 4) is 16.9 Å². The normalized spacial score (nSPS) is 17.5. The quantitative estimate of drug-likeness (QED) is 0.752. The van der Waals surface area contributed by atoms with Crippen LogP contribution in [0.1, 0.15) is 25.7 Å². The highest BCUT2D eigenvalue weighted by atomic mass is 35.5. The fourth-order valence-electron chi connectivity index (χ4n) is 3.65. The Balaban J connectivity index is 1.25. The summed E-state index contributed by atoms with van der Waals surface area (Å²) in [5.74, 6) is 1.48. The summed E-state index contributed by atoms with van der Waals surface area (Å²) in [5, 5.41) is 4.17. The molecule has 1 heterocycles. The zero-order valence-corrected chi connectivity index (χ0v) is 16.8. The zero-order chi connectivity index (χ0) is 19.3. The van der Waals surface area contributed by atoms with Crippen molar-refractivity contribution in [1.29, 1.82) is 0 Å². The van der Waals surface area contributed by atoms with Crippen LogP contribution in [0.3, 0.4) is 0 Å². The summed E-state index contributed by atoms with van der Waals surface area (Å²) < 4.78 is 5.72. The molecule has 2 aromatic carbocycles. The molecule has 0 atom stereocenters. The lowest BCUT2D eigenvalue weighted by molar-refractivity contribution is -0.134. The largest absolute Gasteiger partial charge is 0.482 e. The molecular weight excluding hydrogens is 372 g/mol. The molecule has 4 rings (SSSR count). The summed E-state index contributed by atoms with van der Waals surface area (Å²) in [7, 11) is 0. The van der Waals surface area contributed by atoms with Crippen LogP contribution < -0.4 is 10.1 Å². The van der Waals surface area contributed by atoms with E-state index >= 15 is 0 Å². The standard InChI is InChI=1S/C23H27ClN2O2/c24-21-14-19(18-4-2-1-3-5-18)8-9-22(21)28-16-23(27)26-12-10-20(11-13-26)25-15-17-6-7-17/h1-5,8-9,14,17,20,25H,6-7,10-13,15-16H2. The predicted molar refractivity (Wildman–Crippen MR) is 113 cm³/mol. The van der Waals surface area contributed by atoms with Crippen LogP contribution in [0.2, 0.25) is 5.02 Å². The van der Waals surface area contributed by atoms with Gasteiger partial charge >= 0.3 is 0 Å². The minimum atomic E-state index is 0.0313. The lowest BCUT2D eigenvalue weighted by atomic mass is 10.0. The van der Waals surface area contributed by atoms with Crippen molar-refractivity contribution in [3.05, 3.63) is 53.6 Å². The summed E-state index contributed by atoms with van der Waals surface area (Å²) in [5.41, 5.74) is 2.13. The van der Waals surface area contributed by atoms with E-state index < -0.39 is 0 Å². The topological polar surface area (TPSA) is 41.6 Å². The van der Waals surface area contributed by atoms with E-state index in [0.717, 1.165) is 49.5 Å². The Morgan fingerprint density at radius 3 is 2.46 bits per heavy atom. The second-order valence-corrected chi connectivity index (χ2v) is 8.21. The monoisotopic (exact) mass is 398 g/mol. The van der Waals surface area contributed by atoms with Crippen molar-refractivity contribution >= 4 is 17.5 Å². The highest BCUT2D eigenvalue weighted by Gasteiger charge is 2.26. The molecule has 1 amide bonds. The van der Waals surface area contributed by atoms with Crippen molar-refractivity contribution < 1.29 is 9.53 Å². The first-order chi connectivity index (χ1) is 13.7. The maximum Gasteiger partial charge on any atom is 0.260 e. The van der Waals surface area contributed by atoms with Crippen LogP contribution >= 0.6 is 11.6 Å². The van der Waals surface area contributed by atoms with Gasteiger partial charge in [0, 0.05) is 19.1 Å². The summed E-state index contributed by atoms with van der Waals surface area (Å²) in [6.45, 7) is 2.76. The number of rotatable bonds is 7. The smallest absolute Gasteiger partial charge is 0.260 e. The summed E-state index contributed by atoms with van der Waals surface area (Å²) in [4.78, 5) is 14.4. The minimum Gasteiger partial charge on any atom is -0.482 e. The Labute approximate surface area is 171 Å². The van der Waals surface area contributed by atoms with E-state index in [1.807, 2.05) is 53.4 Å². The van der Waals surface area contributed by atoms with Gasteiger partial charge in [-0.3, -0.25) is 4.79 Å². The van der Waals surface area contributed by atoms with Gasteiger partial charge in [-0.1, -0.05) is 48.0 Å². The van der Waals surface area contributed by atoms with E-state index in [2.05, 4.69) is 5.32 Å². The number of hydrogen-bond donors (Lipinski definition) is 1. The van der Waals surface area contributed by atoms with Gasteiger partial charge in [-0.25, -0.2) is 0 Å². The molecule has 2 aromatic rings. The maximum atomic E-state index is 12.5. The highest BCUT2D eigenvalue weighted by Crippen LogP contribution is 2.30. The van der Waals surface area contributed by atoms with E-state index in [0.29, 0.717) is 16.8 Å². The van der Waals surface area contributed by atoms with E-state index in [9.17, 15) is 4.79 Å². The molecule has 1 saturated carbocycles. The average molecular weight is 399 g/mol. The van der Waals surface area contributed by atoms with Crippen LogP contribution in [0.4, 0.5) is 0 Å². The molecule has 148 valence electrons. The van der Waals surface area contributed by atoms with Gasteiger partial charge in [0.1, 0.15) is 5.75 Å². The Kier molecular flexibility index (Phi) is 6.18. The minimum absolute atomic E-state index is 0.0313. The molecular formula is C23H27ClN2O2. The molecule has 2 aliphatic rings. The third kappa shape index (κ3) is 5.06. The van der Waals surface area contributed by atoms with Crippen LogP contribution in [0.25, 0.3) is 11.1 Å². The van der Waals surface area contributed by atoms with Crippen LogP contribution in [-0.2, 0) is 4.79 Å². The van der Waals surface area contributed by atoms with Gasteiger partial charge in [0.15, 0.2) is 6.61 Å². The first-order valence-corrected chi connectivity index (χ1v) is 10.6. The van der Waals surface area contributed by atoms with Gasteiger partial charge in [0.25, 0.3) is 5.91 Å². The Morgan fingerprint density at radius 1 is 1.04 bits per heavy atom. The summed E-state index contributed by atoms with van der Waals surface area (Å²) >= 11 is 6.37. The number of nitrogens with one attached hydrogen (secondary N) is 1. The van der Waals surface area contributed by atoms with Crippen molar-refractivity contribution in [1.82, 2.24) is 10.2 Å². The van der Waals surface area contributed by atoms with Gasteiger partial charge in [-0.05, 0) is 61.4 Å². The molecule has 4 nitrogen and oxygen atoms in total. The molecule has 0 bridgehead atoms. The summed E-state index contributed by atoms with van der Waals surface area (Å²) in [6.07, 6.45) is 4.78. The Morgan fingerprint density at radius 2 is 1.79 bits per heavy atom. The van der Waals surface area contributed by atoms with Crippen molar-refractivity contribution in [2.24, 2.45) is 5.92 Å². The number of hydrogen-bond acceptors (Lipinski definition) is 3. The van der Waals surface area contributed by atoms with Gasteiger partial charge < -0.3 is 15.0 Å². The van der Waals surface area contributed by atoms with E-state index in [-0.39, 0.29) is 12.5 Å². The molecule has 28 heavy (non-hydrogen) atoms. The van der Waals surface area contributed by atoms with Crippen molar-refractivity contribution in [3.63, 3.8) is 0 Å². The lowest BCUT2D eigenvalue weighted by Gasteiger charge is -2.32. The van der Waals surface area contributed by atoms with E-state index in [1.54, 1.807) is 0 Å². The molecule has 2 fully saturated rings. The third-order valence-corrected chi connectivity index (χ3v) is 5.93. The highest BCUT2D eigenvalue weighted by molar-refractivity contribution is 6.32. The van der Waals surface area contributed by atoms with Crippen molar-refractivity contribution in [2.75, 3.05) is 26.2 Å². The number of ether oxygens (including phenoxy) is 1. The SMILES string of the molecule is O=C(COc1ccc(-c2ccccc2)cc1Cl)N1CCC(NCC2CC2)CC1. The molecule has 1 saturated heterocycles. The fourth-order valence-corrected chi connectivity index (χ4v) is 3.88. The number of carbonyl (C=O) groups is 1. The number of amides is 1. The van der Waals surface area contributed by atoms with Crippen LogP contribution in [0, 0.1) is 5.92 Å². The fraction of sp³-hybridized carbons (Fsp3) is 0.435. The van der Waals surface area contributed by atoms with Crippen molar-refractivity contribution in [2.45, 2.75) is 31.7 Å². The van der Waals surface area contributed by atoms with Gasteiger partial charge in [0.05, 0.1) is 5.02 Å². The zero-order valence-electron chi connectivity index (χ0n) is 16.1. The molecule has 0 radical (unpaired) electrons. The number of piperidine rings is 1. The molecule has 0 aromatic heterocycles. The second kappa shape index (κ2) is 8.97. The first-order valence-electron chi connectivity index (χ1n) is 10.2. The average Bonchev–Trinajstić information content (AvgIpc) is 3.57. The number of likely N-dealkylation sites (tertiary alicyclic amines) is 1. The third-order valence-electron chi connectivity index (χ3n) is 5.63.